The minimum absolute atomic E-state index is 0.0701. The first kappa shape index (κ1) is 16.5. The molecular formula is C21H26N2O2. The molecule has 1 saturated heterocycles. The highest BCUT2D eigenvalue weighted by molar-refractivity contribution is 6.07. The Labute approximate surface area is 148 Å². The number of aryl methyl sites for hydroxylation is 3. The van der Waals surface area contributed by atoms with Crippen LogP contribution >= 0.6 is 0 Å². The number of carbonyl (C=O) groups excluding carboxylic acids is 1. The minimum Gasteiger partial charge on any atom is -0.396 e. The van der Waals surface area contributed by atoms with E-state index in [-0.39, 0.29) is 17.9 Å². The van der Waals surface area contributed by atoms with Crippen molar-refractivity contribution in [2.24, 2.45) is 11.3 Å². The average Bonchev–Trinajstić information content (AvgIpc) is 3.11. The van der Waals surface area contributed by atoms with Crippen LogP contribution in [0.2, 0.25) is 0 Å². The van der Waals surface area contributed by atoms with Crippen LogP contribution in [-0.2, 0) is 0 Å². The number of aromatic nitrogens is 1. The van der Waals surface area contributed by atoms with Crippen LogP contribution in [0.3, 0.4) is 0 Å². The van der Waals surface area contributed by atoms with Gasteiger partial charge in [0, 0.05) is 29.6 Å². The second-order valence-corrected chi connectivity index (χ2v) is 8.08. The first-order valence-electron chi connectivity index (χ1n) is 9.22. The van der Waals surface area contributed by atoms with Gasteiger partial charge in [-0.2, -0.15) is 0 Å². The number of hydrogen-bond acceptors (Lipinski definition) is 3. The van der Waals surface area contributed by atoms with Crippen molar-refractivity contribution in [2.75, 3.05) is 19.7 Å². The predicted molar refractivity (Wildman–Crippen MR) is 98.7 cm³/mol. The van der Waals surface area contributed by atoms with Crippen LogP contribution in [0.15, 0.2) is 18.2 Å². The normalized spacial score (nSPS) is 25.6. The molecule has 0 bridgehead atoms. The fraction of sp³-hybridized carbons (Fsp3) is 0.524. The van der Waals surface area contributed by atoms with Crippen LogP contribution in [-0.4, -0.2) is 40.6 Å². The van der Waals surface area contributed by atoms with E-state index in [0.717, 1.165) is 52.7 Å². The maximum atomic E-state index is 13.3. The molecule has 0 spiro atoms. The molecule has 1 N–H and O–H groups in total. The third kappa shape index (κ3) is 2.54. The van der Waals surface area contributed by atoms with Crippen LogP contribution in [0.25, 0.3) is 10.9 Å². The van der Waals surface area contributed by atoms with Gasteiger partial charge in [-0.15, -0.1) is 0 Å². The van der Waals surface area contributed by atoms with Crippen molar-refractivity contribution < 1.29 is 9.90 Å². The van der Waals surface area contributed by atoms with Crippen molar-refractivity contribution in [1.82, 2.24) is 9.88 Å². The summed E-state index contributed by atoms with van der Waals surface area (Å²) in [6.07, 6.45) is 3.33. The largest absolute Gasteiger partial charge is 0.396 e. The summed E-state index contributed by atoms with van der Waals surface area (Å²) in [5, 5.41) is 10.9. The summed E-state index contributed by atoms with van der Waals surface area (Å²) in [5.74, 6) is 0.529. The molecular weight excluding hydrogens is 312 g/mol. The van der Waals surface area contributed by atoms with E-state index in [0.29, 0.717) is 12.5 Å². The Balaban J connectivity index is 1.76. The molecule has 2 fully saturated rings. The van der Waals surface area contributed by atoms with Crippen LogP contribution < -0.4 is 0 Å². The zero-order valence-electron chi connectivity index (χ0n) is 15.3. The van der Waals surface area contributed by atoms with Crippen LogP contribution in [0.4, 0.5) is 0 Å². The van der Waals surface area contributed by atoms with E-state index in [9.17, 15) is 9.90 Å². The van der Waals surface area contributed by atoms with Crippen molar-refractivity contribution in [2.45, 2.75) is 40.0 Å². The summed E-state index contributed by atoms with van der Waals surface area (Å²) in [6, 6.07) is 6.11. The summed E-state index contributed by atoms with van der Waals surface area (Å²) in [4.78, 5) is 20.0. The van der Waals surface area contributed by atoms with Crippen molar-refractivity contribution in [3.63, 3.8) is 0 Å². The molecule has 1 aromatic carbocycles. The Bertz CT molecular complexity index is 861. The lowest BCUT2D eigenvalue weighted by atomic mass is 9.82. The summed E-state index contributed by atoms with van der Waals surface area (Å²) in [6.45, 7) is 7.70. The van der Waals surface area contributed by atoms with Gasteiger partial charge in [0.1, 0.15) is 0 Å². The van der Waals surface area contributed by atoms with E-state index >= 15 is 0 Å². The van der Waals surface area contributed by atoms with Gasteiger partial charge in [-0.25, -0.2) is 0 Å². The summed E-state index contributed by atoms with van der Waals surface area (Å²) in [7, 11) is 0. The molecule has 2 aromatic rings. The third-order valence-electron chi connectivity index (χ3n) is 6.25. The van der Waals surface area contributed by atoms with Gasteiger partial charge in [0.05, 0.1) is 17.7 Å². The molecule has 1 aromatic heterocycles. The Morgan fingerprint density at radius 3 is 2.84 bits per heavy atom. The van der Waals surface area contributed by atoms with Crippen LogP contribution in [0.1, 0.15) is 46.4 Å². The van der Waals surface area contributed by atoms with Gasteiger partial charge in [0.2, 0.25) is 0 Å². The first-order valence-corrected chi connectivity index (χ1v) is 9.22. The van der Waals surface area contributed by atoms with Gasteiger partial charge >= 0.3 is 0 Å². The Morgan fingerprint density at radius 1 is 1.32 bits per heavy atom. The quantitative estimate of drug-likeness (QED) is 0.913. The van der Waals surface area contributed by atoms with Crippen molar-refractivity contribution >= 4 is 16.8 Å². The molecule has 132 valence electrons. The molecule has 4 nitrogen and oxygen atoms in total. The number of carbonyl (C=O) groups is 1. The molecule has 0 unspecified atom stereocenters. The maximum absolute atomic E-state index is 13.3. The standard InChI is InChI=1S/C21H26N2O2/c1-13-7-14(2)19-17(8-13)18(9-15(3)22-19)20(25)23-10-16-5-4-6-21(16,11-23)12-24/h7-9,16,24H,4-6,10-12H2,1-3H3/t16-,21+/m0/s1. The van der Waals surface area contributed by atoms with E-state index in [1.54, 1.807) is 0 Å². The highest BCUT2D eigenvalue weighted by Crippen LogP contribution is 2.48. The number of likely N-dealkylation sites (tertiary alicyclic amines) is 1. The highest BCUT2D eigenvalue weighted by atomic mass is 16.3. The van der Waals surface area contributed by atoms with Gasteiger partial charge in [-0.05, 0) is 57.2 Å². The topological polar surface area (TPSA) is 53.4 Å². The zero-order chi connectivity index (χ0) is 17.8. The van der Waals surface area contributed by atoms with E-state index in [1.165, 1.54) is 6.42 Å². The summed E-state index contributed by atoms with van der Waals surface area (Å²) in [5.41, 5.74) is 4.73. The molecule has 1 saturated carbocycles. The molecule has 4 heteroatoms. The molecule has 1 aliphatic heterocycles. The third-order valence-corrected chi connectivity index (χ3v) is 6.25. The lowest BCUT2D eigenvalue weighted by Gasteiger charge is -2.26. The van der Waals surface area contributed by atoms with Gasteiger partial charge in [-0.1, -0.05) is 18.1 Å². The molecule has 25 heavy (non-hydrogen) atoms. The molecule has 0 radical (unpaired) electrons. The number of rotatable bonds is 2. The van der Waals surface area contributed by atoms with E-state index in [2.05, 4.69) is 31.0 Å². The lowest BCUT2D eigenvalue weighted by Crippen LogP contribution is -2.34. The maximum Gasteiger partial charge on any atom is 0.254 e. The molecule has 1 aliphatic carbocycles. The highest BCUT2D eigenvalue weighted by Gasteiger charge is 2.50. The minimum atomic E-state index is -0.0701. The number of nitrogens with zero attached hydrogens (tertiary/aromatic N) is 2. The second-order valence-electron chi connectivity index (χ2n) is 8.08. The number of hydrogen-bond donors (Lipinski definition) is 1. The number of benzene rings is 1. The van der Waals surface area contributed by atoms with Crippen molar-refractivity contribution in [3.8, 4) is 0 Å². The van der Waals surface area contributed by atoms with E-state index in [1.807, 2.05) is 17.9 Å². The Kier molecular flexibility index (Phi) is 3.84. The fourth-order valence-electron chi connectivity index (χ4n) is 4.98. The lowest BCUT2D eigenvalue weighted by molar-refractivity contribution is 0.0736. The van der Waals surface area contributed by atoms with E-state index in [4.69, 9.17) is 0 Å². The number of aliphatic hydroxyl groups excluding tert-OH is 1. The molecule has 1 amide bonds. The summed E-state index contributed by atoms with van der Waals surface area (Å²) >= 11 is 0. The van der Waals surface area contributed by atoms with Gasteiger partial charge in [0.25, 0.3) is 5.91 Å². The van der Waals surface area contributed by atoms with E-state index < -0.39 is 0 Å². The van der Waals surface area contributed by atoms with Crippen molar-refractivity contribution in [3.05, 3.63) is 40.6 Å². The summed E-state index contributed by atoms with van der Waals surface area (Å²) < 4.78 is 0. The number of aliphatic hydroxyl groups is 1. The second kappa shape index (κ2) is 5.80. The number of amides is 1. The number of pyridine rings is 1. The van der Waals surface area contributed by atoms with Crippen LogP contribution in [0.5, 0.6) is 0 Å². The fourth-order valence-corrected chi connectivity index (χ4v) is 4.98. The average molecular weight is 338 g/mol. The molecule has 2 heterocycles. The van der Waals surface area contributed by atoms with Gasteiger partial charge in [-0.3, -0.25) is 9.78 Å². The monoisotopic (exact) mass is 338 g/mol. The van der Waals surface area contributed by atoms with Crippen LogP contribution in [0, 0.1) is 32.1 Å². The predicted octanol–water partition coefficient (Wildman–Crippen LogP) is 3.39. The molecule has 2 atom stereocenters. The Hall–Kier alpha value is -1.94. The molecule has 2 aliphatic rings. The SMILES string of the molecule is Cc1cc(C)c2nc(C)cc(C(=O)N3C[C@@H]4CCC[C@]4(CO)C3)c2c1. The van der Waals surface area contributed by atoms with Gasteiger partial charge in [0.15, 0.2) is 0 Å². The first-order chi connectivity index (χ1) is 11.9. The zero-order valence-corrected chi connectivity index (χ0v) is 15.3. The van der Waals surface area contributed by atoms with Crippen molar-refractivity contribution in [1.29, 1.82) is 0 Å². The molecule has 4 rings (SSSR count). The Morgan fingerprint density at radius 2 is 2.12 bits per heavy atom. The number of fused-ring (bicyclic) bond motifs is 2. The van der Waals surface area contributed by atoms with Gasteiger partial charge < -0.3 is 10.0 Å². The smallest absolute Gasteiger partial charge is 0.254 e.